The van der Waals surface area contributed by atoms with Gasteiger partial charge in [-0.15, -0.1) is 0 Å². The van der Waals surface area contributed by atoms with E-state index in [0.29, 0.717) is 17.3 Å². The van der Waals surface area contributed by atoms with Gasteiger partial charge in [-0.2, -0.15) is 0 Å². The van der Waals surface area contributed by atoms with E-state index in [1.807, 2.05) is 32.9 Å². The molecule has 0 fully saturated rings. The van der Waals surface area contributed by atoms with Crippen LogP contribution in [0.4, 0.5) is 0 Å². The number of carbonyl (C=O) groups excluding carboxylic acids is 1. The predicted molar refractivity (Wildman–Crippen MR) is 75.6 cm³/mol. The lowest BCUT2D eigenvalue weighted by molar-refractivity contribution is -0.153. The molecule has 0 spiro atoms. The highest BCUT2D eigenvalue weighted by atomic mass is 35.5. The van der Waals surface area contributed by atoms with E-state index < -0.39 is 5.60 Å². The highest BCUT2D eigenvalue weighted by Crippen LogP contribution is 2.24. The maximum atomic E-state index is 11.5. The number of hydrogen-bond donors (Lipinski definition) is 1. The summed E-state index contributed by atoms with van der Waals surface area (Å²) in [5.41, 5.74) is 0.525. The lowest BCUT2D eigenvalue weighted by Gasteiger charge is -2.19. The van der Waals surface area contributed by atoms with E-state index in [1.165, 1.54) is 0 Å². The number of benzene rings is 1. The molecule has 106 valence electrons. The number of methoxy groups -OCH3 is 1. The normalized spacial score (nSPS) is 11.2. The molecule has 0 amide bonds. The first-order chi connectivity index (χ1) is 8.81. The highest BCUT2D eigenvalue weighted by molar-refractivity contribution is 6.32. The number of carbonyl (C=O) groups is 1. The van der Waals surface area contributed by atoms with Crippen LogP contribution in [0.1, 0.15) is 26.3 Å². The quantitative estimate of drug-likeness (QED) is 0.845. The third-order valence-electron chi connectivity index (χ3n) is 2.23. The van der Waals surface area contributed by atoms with Crippen molar-refractivity contribution in [1.82, 2.24) is 5.32 Å². The number of ether oxygens (including phenoxy) is 2. The molecule has 0 heterocycles. The minimum atomic E-state index is -0.456. The average molecular weight is 286 g/mol. The maximum absolute atomic E-state index is 11.5. The van der Waals surface area contributed by atoms with Gasteiger partial charge in [-0.05, 0) is 38.5 Å². The Morgan fingerprint density at radius 3 is 2.58 bits per heavy atom. The van der Waals surface area contributed by atoms with Gasteiger partial charge >= 0.3 is 5.97 Å². The van der Waals surface area contributed by atoms with Gasteiger partial charge in [-0.25, -0.2) is 0 Å². The van der Waals surface area contributed by atoms with Crippen molar-refractivity contribution >= 4 is 17.6 Å². The minimum absolute atomic E-state index is 0.168. The number of esters is 1. The third-order valence-corrected chi connectivity index (χ3v) is 2.53. The largest absolute Gasteiger partial charge is 0.495 e. The Kier molecular flexibility index (Phi) is 5.63. The van der Waals surface area contributed by atoms with Gasteiger partial charge in [0.2, 0.25) is 0 Å². The van der Waals surface area contributed by atoms with Crippen LogP contribution in [0.15, 0.2) is 18.2 Å². The fourth-order valence-electron chi connectivity index (χ4n) is 1.51. The zero-order chi connectivity index (χ0) is 14.5. The monoisotopic (exact) mass is 285 g/mol. The molecule has 0 aromatic heterocycles. The molecule has 1 rings (SSSR count). The Morgan fingerprint density at radius 2 is 2.05 bits per heavy atom. The first-order valence-corrected chi connectivity index (χ1v) is 6.44. The molecule has 19 heavy (non-hydrogen) atoms. The Balaban J connectivity index is 2.41. The van der Waals surface area contributed by atoms with Crippen molar-refractivity contribution in [3.05, 3.63) is 28.8 Å². The van der Waals surface area contributed by atoms with Crippen LogP contribution in [0.3, 0.4) is 0 Å². The highest BCUT2D eigenvalue weighted by Gasteiger charge is 2.15. The Morgan fingerprint density at radius 1 is 1.37 bits per heavy atom. The number of hydrogen-bond acceptors (Lipinski definition) is 4. The van der Waals surface area contributed by atoms with Crippen molar-refractivity contribution in [3.63, 3.8) is 0 Å². The lowest BCUT2D eigenvalue weighted by atomic mass is 10.2. The third kappa shape index (κ3) is 5.94. The Labute approximate surface area is 119 Å². The fraction of sp³-hybridized carbons (Fsp3) is 0.500. The lowest BCUT2D eigenvalue weighted by Crippen LogP contribution is -2.31. The molecule has 1 aromatic carbocycles. The van der Waals surface area contributed by atoms with Crippen LogP contribution < -0.4 is 10.1 Å². The summed E-state index contributed by atoms with van der Waals surface area (Å²) in [5.74, 6) is 0.365. The zero-order valence-electron chi connectivity index (χ0n) is 11.7. The van der Waals surface area contributed by atoms with E-state index in [0.717, 1.165) is 5.56 Å². The van der Waals surface area contributed by atoms with Gasteiger partial charge in [0.05, 0.1) is 18.7 Å². The molecule has 0 saturated carbocycles. The molecule has 5 heteroatoms. The molecular weight excluding hydrogens is 266 g/mol. The van der Waals surface area contributed by atoms with Crippen molar-refractivity contribution in [3.8, 4) is 5.75 Å². The van der Waals surface area contributed by atoms with Crippen molar-refractivity contribution in [2.75, 3.05) is 13.7 Å². The van der Waals surface area contributed by atoms with Crippen LogP contribution in [0.2, 0.25) is 5.02 Å². The van der Waals surface area contributed by atoms with Gasteiger partial charge in [0, 0.05) is 6.54 Å². The molecule has 0 saturated heterocycles. The van der Waals surface area contributed by atoms with Crippen molar-refractivity contribution in [2.24, 2.45) is 0 Å². The van der Waals surface area contributed by atoms with Crippen molar-refractivity contribution in [1.29, 1.82) is 0 Å². The summed E-state index contributed by atoms with van der Waals surface area (Å²) >= 11 is 6.01. The summed E-state index contributed by atoms with van der Waals surface area (Å²) in [4.78, 5) is 11.5. The minimum Gasteiger partial charge on any atom is -0.495 e. The topological polar surface area (TPSA) is 47.6 Å². The summed E-state index contributed by atoms with van der Waals surface area (Å²) in [6.07, 6.45) is 0. The smallest absolute Gasteiger partial charge is 0.320 e. The summed E-state index contributed by atoms with van der Waals surface area (Å²) < 4.78 is 10.3. The van der Waals surface area contributed by atoms with E-state index in [-0.39, 0.29) is 12.5 Å². The number of halogens is 1. The van der Waals surface area contributed by atoms with E-state index in [4.69, 9.17) is 21.1 Å². The van der Waals surface area contributed by atoms with Gasteiger partial charge in [-0.3, -0.25) is 4.79 Å². The fourth-order valence-corrected chi connectivity index (χ4v) is 1.79. The molecule has 0 aliphatic heterocycles. The van der Waals surface area contributed by atoms with Gasteiger partial charge in [0.15, 0.2) is 0 Å². The maximum Gasteiger partial charge on any atom is 0.320 e. The first-order valence-electron chi connectivity index (χ1n) is 6.07. The van der Waals surface area contributed by atoms with Crippen LogP contribution >= 0.6 is 11.6 Å². The van der Waals surface area contributed by atoms with Gasteiger partial charge in [0.25, 0.3) is 0 Å². The standard InChI is InChI=1S/C14H20ClNO3/c1-14(2,3)19-13(17)9-16-8-10-5-6-12(18-4)11(15)7-10/h5-7,16H,8-9H2,1-4H3. The molecule has 1 N–H and O–H groups in total. The van der Waals surface area contributed by atoms with E-state index in [9.17, 15) is 4.79 Å². The first kappa shape index (κ1) is 15.8. The number of rotatable bonds is 5. The van der Waals surface area contributed by atoms with E-state index >= 15 is 0 Å². The number of nitrogens with one attached hydrogen (secondary N) is 1. The molecule has 0 aliphatic carbocycles. The molecule has 0 aliphatic rings. The molecule has 4 nitrogen and oxygen atoms in total. The second-order valence-electron chi connectivity index (χ2n) is 5.16. The summed E-state index contributed by atoms with van der Waals surface area (Å²) in [7, 11) is 1.57. The molecule has 0 radical (unpaired) electrons. The second-order valence-corrected chi connectivity index (χ2v) is 5.57. The molecule has 0 unspecified atom stereocenters. The van der Waals surface area contributed by atoms with Crippen LogP contribution in [0.25, 0.3) is 0 Å². The van der Waals surface area contributed by atoms with Crippen molar-refractivity contribution in [2.45, 2.75) is 32.9 Å². The van der Waals surface area contributed by atoms with Gasteiger partial charge < -0.3 is 14.8 Å². The van der Waals surface area contributed by atoms with Crippen LogP contribution in [-0.4, -0.2) is 25.2 Å². The summed E-state index contributed by atoms with van der Waals surface area (Å²) in [5, 5.41) is 3.57. The van der Waals surface area contributed by atoms with Crippen LogP contribution in [-0.2, 0) is 16.1 Å². The van der Waals surface area contributed by atoms with Gasteiger partial charge in [-0.1, -0.05) is 17.7 Å². The second kappa shape index (κ2) is 6.78. The van der Waals surface area contributed by atoms with Crippen LogP contribution in [0, 0.1) is 0 Å². The van der Waals surface area contributed by atoms with E-state index in [1.54, 1.807) is 13.2 Å². The van der Waals surface area contributed by atoms with E-state index in [2.05, 4.69) is 5.32 Å². The Bertz CT molecular complexity index is 441. The van der Waals surface area contributed by atoms with Crippen LogP contribution in [0.5, 0.6) is 5.75 Å². The zero-order valence-corrected chi connectivity index (χ0v) is 12.5. The van der Waals surface area contributed by atoms with Crippen molar-refractivity contribution < 1.29 is 14.3 Å². The average Bonchev–Trinajstić information content (AvgIpc) is 2.26. The molecule has 0 bridgehead atoms. The summed E-state index contributed by atoms with van der Waals surface area (Å²) in [6, 6.07) is 5.50. The summed E-state index contributed by atoms with van der Waals surface area (Å²) in [6.45, 7) is 6.24. The Hall–Kier alpha value is -1.26. The predicted octanol–water partition coefficient (Wildman–Crippen LogP) is 2.78. The van der Waals surface area contributed by atoms with Gasteiger partial charge in [0.1, 0.15) is 11.4 Å². The molecule has 1 aromatic rings. The molecule has 0 atom stereocenters. The molecular formula is C14H20ClNO3. The SMILES string of the molecule is COc1ccc(CNCC(=O)OC(C)(C)C)cc1Cl.